The molecule has 4 nitrogen and oxygen atoms in total. The Bertz CT molecular complexity index is 1210. The maximum atomic E-state index is 6.55. The summed E-state index contributed by atoms with van der Waals surface area (Å²) in [6.45, 7) is 2.27. The number of hydrogen-bond acceptors (Lipinski definition) is 3. The molecule has 2 aromatic heterocycles. The molecule has 1 aliphatic heterocycles. The Hall–Kier alpha value is -3.11. The molecular formula is C27H28N4. The van der Waals surface area contributed by atoms with E-state index in [1.54, 1.807) is 0 Å². The van der Waals surface area contributed by atoms with Gasteiger partial charge in [-0.25, -0.2) is 4.98 Å². The first-order valence-electron chi connectivity index (χ1n) is 11.4. The zero-order valence-electron chi connectivity index (χ0n) is 17.8. The molecule has 0 amide bonds. The number of nitrogens with two attached hydrogens (primary N) is 1. The number of anilines is 1. The fourth-order valence-corrected chi connectivity index (χ4v) is 5.09. The molecule has 0 spiro atoms. The summed E-state index contributed by atoms with van der Waals surface area (Å²) in [5, 5.41) is 0. The molecule has 3 heterocycles. The molecule has 4 heteroatoms. The van der Waals surface area contributed by atoms with Crippen molar-refractivity contribution in [2.45, 2.75) is 37.6 Å². The van der Waals surface area contributed by atoms with Crippen molar-refractivity contribution in [3.05, 3.63) is 78.5 Å². The highest BCUT2D eigenvalue weighted by molar-refractivity contribution is 5.82. The van der Waals surface area contributed by atoms with Gasteiger partial charge in [-0.2, -0.15) is 0 Å². The quantitative estimate of drug-likeness (QED) is 0.478. The second kappa shape index (κ2) is 7.24. The van der Waals surface area contributed by atoms with E-state index in [2.05, 4.69) is 82.2 Å². The number of nitrogens with zero attached hydrogens (tertiary/aromatic N) is 3. The Morgan fingerprint density at radius 2 is 1.55 bits per heavy atom. The van der Waals surface area contributed by atoms with Gasteiger partial charge in [-0.1, -0.05) is 54.6 Å². The number of rotatable bonds is 4. The summed E-state index contributed by atoms with van der Waals surface area (Å²) in [5.74, 6) is 0. The lowest BCUT2D eigenvalue weighted by atomic mass is 9.72. The first-order valence-corrected chi connectivity index (χ1v) is 11.4. The Labute approximate surface area is 183 Å². The highest BCUT2D eigenvalue weighted by Gasteiger charge is 2.34. The largest absolute Gasteiger partial charge is 0.371 e. The molecule has 2 aliphatic rings. The van der Waals surface area contributed by atoms with Crippen LogP contribution in [-0.4, -0.2) is 22.5 Å². The van der Waals surface area contributed by atoms with E-state index in [0.717, 1.165) is 48.5 Å². The van der Waals surface area contributed by atoms with Gasteiger partial charge in [0, 0.05) is 47.7 Å². The van der Waals surface area contributed by atoms with E-state index in [1.807, 2.05) is 0 Å². The molecule has 0 radical (unpaired) electrons. The third-order valence-corrected chi connectivity index (χ3v) is 7.11. The van der Waals surface area contributed by atoms with Crippen LogP contribution in [0.15, 0.2) is 72.9 Å². The minimum atomic E-state index is -0.135. The van der Waals surface area contributed by atoms with Gasteiger partial charge in [0.05, 0.1) is 11.4 Å². The van der Waals surface area contributed by atoms with Gasteiger partial charge in [-0.3, -0.25) is 4.40 Å². The number of imidazole rings is 1. The molecule has 6 rings (SSSR count). The smallest absolute Gasteiger partial charge is 0.140 e. The average molecular weight is 409 g/mol. The third kappa shape index (κ3) is 3.14. The Balaban J connectivity index is 1.48. The number of hydrogen-bond donors (Lipinski definition) is 1. The normalized spacial score (nSPS) is 17.8. The molecule has 1 saturated heterocycles. The zero-order chi connectivity index (χ0) is 20.8. The lowest BCUT2D eigenvalue weighted by Crippen LogP contribution is -2.43. The molecule has 2 N–H and O–H groups in total. The van der Waals surface area contributed by atoms with Gasteiger partial charge in [0.25, 0.3) is 0 Å². The first kappa shape index (κ1) is 18.6. The van der Waals surface area contributed by atoms with E-state index >= 15 is 0 Å². The summed E-state index contributed by atoms with van der Waals surface area (Å²) in [5.41, 5.74) is 14.4. The fraction of sp³-hybridized carbons (Fsp3) is 0.296. The van der Waals surface area contributed by atoms with Crippen LogP contribution in [0, 0.1) is 0 Å². The topological polar surface area (TPSA) is 46.6 Å². The maximum absolute atomic E-state index is 6.55. The Kier molecular flexibility index (Phi) is 4.35. The van der Waals surface area contributed by atoms with Gasteiger partial charge in [0.2, 0.25) is 0 Å². The lowest BCUT2D eigenvalue weighted by Gasteiger charge is -2.38. The molecule has 2 aromatic carbocycles. The van der Waals surface area contributed by atoms with Crippen LogP contribution in [0.25, 0.3) is 28.2 Å². The van der Waals surface area contributed by atoms with Crippen LogP contribution in [0.3, 0.4) is 0 Å². The summed E-state index contributed by atoms with van der Waals surface area (Å²) >= 11 is 0. The molecule has 1 saturated carbocycles. The van der Waals surface area contributed by atoms with E-state index < -0.39 is 0 Å². The summed E-state index contributed by atoms with van der Waals surface area (Å²) in [7, 11) is 0. The number of fused-ring (bicyclic) bond motifs is 1. The van der Waals surface area contributed by atoms with Crippen LogP contribution in [0.1, 0.15) is 37.7 Å². The van der Waals surface area contributed by atoms with Crippen LogP contribution in [0.2, 0.25) is 0 Å². The summed E-state index contributed by atoms with van der Waals surface area (Å²) in [4.78, 5) is 7.59. The Morgan fingerprint density at radius 1 is 0.806 bits per heavy atom. The number of pyridine rings is 1. The van der Waals surface area contributed by atoms with Crippen LogP contribution in [-0.2, 0) is 5.54 Å². The zero-order valence-corrected chi connectivity index (χ0v) is 17.8. The first-order chi connectivity index (χ1) is 15.2. The Morgan fingerprint density at radius 3 is 2.23 bits per heavy atom. The number of benzene rings is 2. The maximum Gasteiger partial charge on any atom is 0.140 e. The van der Waals surface area contributed by atoms with Gasteiger partial charge in [0.1, 0.15) is 5.65 Å². The van der Waals surface area contributed by atoms with Crippen LogP contribution in [0.5, 0.6) is 0 Å². The van der Waals surface area contributed by atoms with Crippen molar-refractivity contribution in [3.63, 3.8) is 0 Å². The highest BCUT2D eigenvalue weighted by Crippen LogP contribution is 2.40. The van der Waals surface area contributed by atoms with Crippen molar-refractivity contribution >= 4 is 11.3 Å². The van der Waals surface area contributed by atoms with Crippen molar-refractivity contribution in [1.29, 1.82) is 0 Å². The van der Waals surface area contributed by atoms with Gasteiger partial charge >= 0.3 is 0 Å². The third-order valence-electron chi connectivity index (χ3n) is 7.11. The summed E-state index contributed by atoms with van der Waals surface area (Å²) < 4.78 is 2.23. The highest BCUT2D eigenvalue weighted by atomic mass is 15.1. The minimum Gasteiger partial charge on any atom is -0.371 e. The van der Waals surface area contributed by atoms with Gasteiger partial charge < -0.3 is 10.6 Å². The van der Waals surface area contributed by atoms with Crippen molar-refractivity contribution in [1.82, 2.24) is 9.38 Å². The van der Waals surface area contributed by atoms with E-state index in [1.165, 1.54) is 36.1 Å². The molecule has 31 heavy (non-hydrogen) atoms. The average Bonchev–Trinajstić information content (AvgIpc) is 3.46. The molecular weight excluding hydrogens is 380 g/mol. The molecule has 4 aromatic rings. The summed E-state index contributed by atoms with van der Waals surface area (Å²) in [6.07, 6.45) is 8.11. The van der Waals surface area contributed by atoms with E-state index in [0.29, 0.717) is 0 Å². The standard InChI is InChI=1S/C27H28N4/c28-27(14-6-15-27)22-11-9-20(10-12-22)25-26(21-7-2-1-3-8-21)31-18-13-23(19-24(31)29-25)30-16-4-5-17-30/h1-3,7-13,18-19H,4-6,14-17,28H2. The predicted molar refractivity (Wildman–Crippen MR) is 127 cm³/mol. The lowest BCUT2D eigenvalue weighted by molar-refractivity contribution is 0.253. The van der Waals surface area contributed by atoms with Crippen LogP contribution < -0.4 is 10.6 Å². The fourth-order valence-electron chi connectivity index (χ4n) is 5.09. The molecule has 0 unspecified atom stereocenters. The summed E-state index contributed by atoms with van der Waals surface area (Å²) in [6, 6.07) is 23.8. The predicted octanol–water partition coefficient (Wildman–Crippen LogP) is 5.61. The van der Waals surface area contributed by atoms with Crippen molar-refractivity contribution in [2.24, 2.45) is 5.73 Å². The SMILES string of the molecule is NC1(c2ccc(-c3nc4cc(N5CCCC5)ccn4c3-c3ccccc3)cc2)CCC1. The van der Waals surface area contributed by atoms with Crippen LogP contribution in [0.4, 0.5) is 5.69 Å². The van der Waals surface area contributed by atoms with E-state index in [4.69, 9.17) is 10.7 Å². The molecule has 2 fully saturated rings. The molecule has 0 atom stereocenters. The van der Waals surface area contributed by atoms with Crippen molar-refractivity contribution in [2.75, 3.05) is 18.0 Å². The number of aromatic nitrogens is 2. The monoisotopic (exact) mass is 408 g/mol. The van der Waals surface area contributed by atoms with Crippen molar-refractivity contribution < 1.29 is 0 Å². The molecule has 156 valence electrons. The van der Waals surface area contributed by atoms with E-state index in [9.17, 15) is 0 Å². The van der Waals surface area contributed by atoms with Gasteiger partial charge in [-0.15, -0.1) is 0 Å². The van der Waals surface area contributed by atoms with Gasteiger partial charge in [-0.05, 0) is 43.7 Å². The minimum absolute atomic E-state index is 0.135. The van der Waals surface area contributed by atoms with E-state index in [-0.39, 0.29) is 5.54 Å². The second-order valence-electron chi connectivity index (χ2n) is 9.07. The second-order valence-corrected chi connectivity index (χ2v) is 9.07. The van der Waals surface area contributed by atoms with Crippen molar-refractivity contribution in [3.8, 4) is 22.5 Å². The molecule has 0 bridgehead atoms. The van der Waals surface area contributed by atoms with Crippen LogP contribution >= 0.6 is 0 Å². The molecule has 1 aliphatic carbocycles. The van der Waals surface area contributed by atoms with Gasteiger partial charge in [0.15, 0.2) is 0 Å².